The van der Waals surface area contributed by atoms with E-state index in [1.807, 2.05) is 11.3 Å². The van der Waals surface area contributed by atoms with Crippen LogP contribution in [0.2, 0.25) is 0 Å². The van der Waals surface area contributed by atoms with Crippen molar-refractivity contribution >= 4 is 65.2 Å². The minimum Gasteiger partial charge on any atom is -0.350 e. The molecule has 1 aliphatic rings. The van der Waals surface area contributed by atoms with Gasteiger partial charge in [0.2, 0.25) is 0 Å². The first-order chi connectivity index (χ1) is 26.8. The predicted octanol–water partition coefficient (Wildman–Crippen LogP) is 12.7. The van der Waals surface area contributed by atoms with Gasteiger partial charge in [-0.3, -0.25) is 5.32 Å². The van der Waals surface area contributed by atoms with Crippen LogP contribution in [0.3, 0.4) is 0 Å². The quantitative estimate of drug-likeness (QED) is 0.173. The molecule has 0 amide bonds. The number of fused-ring (bicyclic) bond motifs is 4. The third-order valence-electron chi connectivity index (χ3n) is 10.4. The van der Waals surface area contributed by atoms with Crippen LogP contribution in [0.25, 0.3) is 42.1 Å². The Kier molecular flexibility index (Phi) is 8.21. The number of thiophene rings is 1. The number of anilines is 3. The number of aliphatic imine (C=N–C) groups is 1. The Bertz CT molecular complexity index is 2730. The van der Waals surface area contributed by atoms with Gasteiger partial charge < -0.3 is 10.2 Å². The molecule has 0 bridgehead atoms. The molecule has 10 rings (SSSR count). The lowest BCUT2D eigenvalue weighted by atomic mass is 9.99. The highest BCUT2D eigenvalue weighted by molar-refractivity contribution is 7.25. The molecule has 1 aromatic heterocycles. The molecular weight excluding hydrogens is 677 g/mol. The van der Waals surface area contributed by atoms with E-state index >= 15 is 0 Å². The third kappa shape index (κ3) is 5.90. The van der Waals surface area contributed by atoms with Gasteiger partial charge in [0.1, 0.15) is 18.2 Å². The molecule has 54 heavy (non-hydrogen) atoms. The highest BCUT2D eigenvalue weighted by Crippen LogP contribution is 2.41. The largest absolute Gasteiger partial charge is 0.350 e. The van der Waals surface area contributed by atoms with Crippen molar-refractivity contribution in [1.82, 2.24) is 10.6 Å². The Morgan fingerprint density at radius 1 is 0.500 bits per heavy atom. The summed E-state index contributed by atoms with van der Waals surface area (Å²) in [4.78, 5) is 7.64. The van der Waals surface area contributed by atoms with Gasteiger partial charge in [-0.25, -0.2) is 4.99 Å². The Hall–Kier alpha value is -6.53. The van der Waals surface area contributed by atoms with Crippen LogP contribution in [0.5, 0.6) is 0 Å². The van der Waals surface area contributed by atoms with E-state index < -0.39 is 0 Å². The van der Waals surface area contributed by atoms with Gasteiger partial charge in [0, 0.05) is 42.8 Å². The van der Waals surface area contributed by atoms with Crippen LogP contribution in [0, 0.1) is 0 Å². The number of nitrogens with one attached hydrogen (secondary N) is 2. The summed E-state index contributed by atoms with van der Waals surface area (Å²) in [6.07, 6.45) is -0.343. The minimum atomic E-state index is -0.208. The molecule has 2 heterocycles. The summed E-state index contributed by atoms with van der Waals surface area (Å²) in [5, 5.41) is 12.6. The molecule has 0 aliphatic carbocycles. The van der Waals surface area contributed by atoms with Crippen LogP contribution in [-0.2, 0) is 0 Å². The molecule has 0 radical (unpaired) electrons. The van der Waals surface area contributed by atoms with Gasteiger partial charge in [-0.05, 0) is 81.6 Å². The lowest BCUT2D eigenvalue weighted by molar-refractivity contribution is 0.411. The monoisotopic (exact) mass is 712 g/mol. The number of hydrogen-bond acceptors (Lipinski definition) is 5. The average molecular weight is 713 g/mol. The number of benzene rings is 8. The lowest BCUT2D eigenvalue weighted by Crippen LogP contribution is -2.45. The molecule has 9 aromatic rings. The molecule has 258 valence electrons. The summed E-state index contributed by atoms with van der Waals surface area (Å²) in [7, 11) is 0. The van der Waals surface area contributed by atoms with E-state index in [1.165, 1.54) is 47.6 Å². The van der Waals surface area contributed by atoms with Crippen molar-refractivity contribution in [2.24, 2.45) is 4.99 Å². The first kappa shape index (κ1) is 32.1. The summed E-state index contributed by atoms with van der Waals surface area (Å²) in [5.74, 6) is 0.895. The van der Waals surface area contributed by atoms with Crippen molar-refractivity contribution in [3.8, 4) is 11.1 Å². The molecule has 2 unspecified atom stereocenters. The molecule has 0 spiro atoms. The third-order valence-corrected chi connectivity index (χ3v) is 11.5. The van der Waals surface area contributed by atoms with E-state index in [2.05, 4.69) is 210 Å². The molecule has 5 heteroatoms. The van der Waals surface area contributed by atoms with E-state index in [-0.39, 0.29) is 12.3 Å². The maximum atomic E-state index is 5.34. The molecular formula is C49H36N4S. The SMILES string of the molecule is c1ccc(C2N=C(c3cccc4sc5cc(-c6ccc(N(c7ccccc7)c7ccccc7)cc6)ccc5c34)NC(c3cccc4ccccc34)N2)cc1. The zero-order valence-electron chi connectivity index (χ0n) is 29.4. The maximum absolute atomic E-state index is 5.34. The molecule has 0 fully saturated rings. The fraction of sp³-hybridized carbons (Fsp3) is 0.0408. The van der Waals surface area contributed by atoms with Gasteiger partial charge in [0.25, 0.3) is 0 Å². The normalized spacial score (nSPS) is 15.6. The highest BCUT2D eigenvalue weighted by atomic mass is 32.1. The zero-order valence-corrected chi connectivity index (χ0v) is 30.2. The number of para-hydroxylation sites is 2. The van der Waals surface area contributed by atoms with Gasteiger partial charge >= 0.3 is 0 Å². The summed E-state index contributed by atoms with van der Waals surface area (Å²) < 4.78 is 2.51. The molecule has 2 N–H and O–H groups in total. The van der Waals surface area contributed by atoms with Gasteiger partial charge in [0.15, 0.2) is 0 Å². The van der Waals surface area contributed by atoms with Crippen molar-refractivity contribution in [2.45, 2.75) is 12.3 Å². The van der Waals surface area contributed by atoms with Crippen molar-refractivity contribution in [1.29, 1.82) is 0 Å². The summed E-state index contributed by atoms with van der Waals surface area (Å²) in [6, 6.07) is 69.2. The number of amidine groups is 1. The van der Waals surface area contributed by atoms with Crippen molar-refractivity contribution in [2.75, 3.05) is 4.90 Å². The fourth-order valence-corrected chi connectivity index (χ4v) is 8.94. The van der Waals surface area contributed by atoms with Crippen molar-refractivity contribution < 1.29 is 0 Å². The van der Waals surface area contributed by atoms with Crippen LogP contribution in [-0.4, -0.2) is 5.84 Å². The molecule has 0 saturated heterocycles. The molecule has 0 saturated carbocycles. The predicted molar refractivity (Wildman–Crippen MR) is 228 cm³/mol. The van der Waals surface area contributed by atoms with Crippen LogP contribution in [0.4, 0.5) is 17.1 Å². The first-order valence-electron chi connectivity index (χ1n) is 18.4. The van der Waals surface area contributed by atoms with Crippen LogP contribution in [0.1, 0.15) is 29.0 Å². The second-order valence-corrected chi connectivity index (χ2v) is 14.7. The average Bonchev–Trinajstić information content (AvgIpc) is 3.63. The zero-order chi connectivity index (χ0) is 35.8. The highest BCUT2D eigenvalue weighted by Gasteiger charge is 2.28. The smallest absolute Gasteiger partial charge is 0.132 e. The lowest BCUT2D eigenvalue weighted by Gasteiger charge is -2.33. The Morgan fingerprint density at radius 2 is 1.13 bits per heavy atom. The summed E-state index contributed by atoms with van der Waals surface area (Å²) in [5.41, 5.74) is 9.22. The second kappa shape index (κ2) is 13.8. The van der Waals surface area contributed by atoms with Gasteiger partial charge in [-0.1, -0.05) is 146 Å². The van der Waals surface area contributed by atoms with Gasteiger partial charge in [-0.2, -0.15) is 0 Å². The van der Waals surface area contributed by atoms with E-state index in [9.17, 15) is 0 Å². The van der Waals surface area contributed by atoms with Gasteiger partial charge in [-0.15, -0.1) is 11.3 Å². The van der Waals surface area contributed by atoms with Gasteiger partial charge in [0.05, 0.1) is 0 Å². The summed E-state index contributed by atoms with van der Waals surface area (Å²) >= 11 is 1.84. The van der Waals surface area contributed by atoms with Crippen molar-refractivity contribution in [3.05, 3.63) is 211 Å². The van der Waals surface area contributed by atoms with Crippen LogP contribution in [0.15, 0.2) is 199 Å². The molecule has 8 aromatic carbocycles. The summed E-state index contributed by atoms with van der Waals surface area (Å²) in [6.45, 7) is 0. The first-order valence-corrected chi connectivity index (χ1v) is 19.2. The van der Waals surface area contributed by atoms with E-state index in [0.29, 0.717) is 0 Å². The van der Waals surface area contributed by atoms with Crippen molar-refractivity contribution in [3.63, 3.8) is 0 Å². The number of nitrogens with zero attached hydrogens (tertiary/aromatic N) is 2. The molecule has 2 atom stereocenters. The second-order valence-electron chi connectivity index (χ2n) is 13.6. The Balaban J connectivity index is 1.03. The van der Waals surface area contributed by atoms with E-state index in [0.717, 1.165) is 34.0 Å². The van der Waals surface area contributed by atoms with E-state index in [1.54, 1.807) is 0 Å². The standard InChI is InChI=1S/C49H36N4S/c1-4-15-35(16-5-1)47-50-48(41-23-12-17-34-14-10-11-22-40(34)41)52-49(51-47)43-24-13-25-44-46(43)42-31-28-36(32-45(42)54-44)33-26-29-39(30-27-33)53(37-18-6-2-7-19-37)38-20-8-3-9-21-38/h1-32,47-48,50H,(H,51,52). The van der Waals surface area contributed by atoms with Crippen LogP contribution < -0.4 is 15.5 Å². The Morgan fingerprint density at radius 3 is 1.89 bits per heavy atom. The maximum Gasteiger partial charge on any atom is 0.132 e. The van der Waals surface area contributed by atoms with E-state index in [4.69, 9.17) is 4.99 Å². The number of rotatable bonds is 7. The Labute approximate surface area is 318 Å². The minimum absolute atomic E-state index is 0.136. The fourth-order valence-electron chi connectivity index (χ4n) is 7.77. The topological polar surface area (TPSA) is 39.7 Å². The van der Waals surface area contributed by atoms with Crippen LogP contribution >= 0.6 is 11.3 Å². The number of hydrogen-bond donors (Lipinski definition) is 2. The molecule has 1 aliphatic heterocycles. The molecule has 4 nitrogen and oxygen atoms in total.